The van der Waals surface area contributed by atoms with Gasteiger partial charge in [-0.1, -0.05) is 42.0 Å². The number of nitriles is 7. The third kappa shape index (κ3) is 6.43. The molecule has 0 heterocycles. The van der Waals surface area contributed by atoms with Gasteiger partial charge in [0, 0.05) is 22.3 Å². The summed E-state index contributed by atoms with van der Waals surface area (Å²) in [7, 11) is 0. The van der Waals surface area contributed by atoms with E-state index in [1.54, 1.807) is 24.3 Å². The fraction of sp³-hybridized carbons (Fsp3) is 0.0417. The second-order valence-electron chi connectivity index (χ2n) is 13.4. The van der Waals surface area contributed by atoms with Gasteiger partial charge < -0.3 is 0 Å². The van der Waals surface area contributed by atoms with E-state index in [0.717, 1.165) is 17.7 Å². The topological polar surface area (TPSA) is 171 Å². The van der Waals surface area contributed by atoms with Crippen LogP contribution in [0.4, 0.5) is 13.2 Å². The van der Waals surface area contributed by atoms with Crippen molar-refractivity contribution in [3.8, 4) is 42.5 Å². The Morgan fingerprint density at radius 2 is 0.949 bits per heavy atom. The normalized spacial score (nSPS) is 14.2. The van der Waals surface area contributed by atoms with Crippen LogP contribution in [0.3, 0.4) is 0 Å². The van der Waals surface area contributed by atoms with Crippen LogP contribution < -0.4 is 0 Å². The predicted molar refractivity (Wildman–Crippen MR) is 212 cm³/mol. The van der Waals surface area contributed by atoms with Crippen LogP contribution in [0.15, 0.2) is 97.1 Å². The first-order valence-corrected chi connectivity index (χ1v) is 17.3. The number of allylic oxidation sites excluding steroid dienone is 7. The Balaban J connectivity index is 1.65. The van der Waals surface area contributed by atoms with Gasteiger partial charge in [0.2, 0.25) is 5.70 Å². The number of halogens is 3. The van der Waals surface area contributed by atoms with Gasteiger partial charge in [0.15, 0.2) is 0 Å². The number of nitrogens with zero attached hydrogens (tertiary/aromatic N) is 8. The number of fused-ring (bicyclic) bond motifs is 2. The molecule has 59 heavy (non-hydrogen) atoms. The number of hydrogen-bond donors (Lipinski definition) is 0. The molecule has 5 aromatic carbocycles. The summed E-state index contributed by atoms with van der Waals surface area (Å²) < 4.78 is 41.2. The molecule has 5 aromatic rings. The maximum Gasteiger partial charge on any atom is 0.416 e. The molecular weight excluding hydrogens is 746 g/mol. The zero-order chi connectivity index (χ0) is 42.2. The van der Waals surface area contributed by atoms with Crippen LogP contribution in [0, 0.1) is 92.8 Å². The molecular formula is C48H19F3N8. The summed E-state index contributed by atoms with van der Waals surface area (Å²) in [6.45, 7) is 10.3. The molecule has 7 rings (SSSR count). The quantitative estimate of drug-likeness (QED) is 0.129. The first kappa shape index (κ1) is 38.1. The van der Waals surface area contributed by atoms with Crippen LogP contribution in [0.1, 0.15) is 77.9 Å². The number of hydrogen-bond acceptors (Lipinski definition) is 7. The Morgan fingerprint density at radius 3 is 1.36 bits per heavy atom. The van der Waals surface area contributed by atoms with Crippen LogP contribution >= 0.6 is 0 Å². The van der Waals surface area contributed by atoms with E-state index in [9.17, 15) is 50.0 Å². The SMILES string of the molecule is [C-]#[N+]/C(=C1/C(c2ccc(C(F)(F)F)cc2)=C(C#N)c2cc3c(cc21)C(C#N)=C(c1ccc(C)cc1)/C3=C(/C#N)c1cc(C#N)cc(C#N)c1)c1cc(C#N)cc(C#N)c1. The summed E-state index contributed by atoms with van der Waals surface area (Å²) in [6.07, 6.45) is -4.67. The lowest BCUT2D eigenvalue weighted by molar-refractivity contribution is -0.137. The summed E-state index contributed by atoms with van der Waals surface area (Å²) in [4.78, 5) is 3.83. The predicted octanol–water partition coefficient (Wildman–Crippen LogP) is 10.6. The second-order valence-corrected chi connectivity index (χ2v) is 13.4. The lowest BCUT2D eigenvalue weighted by Crippen LogP contribution is -2.04. The Labute approximate surface area is 335 Å². The van der Waals surface area contributed by atoms with Gasteiger partial charge >= 0.3 is 6.18 Å². The van der Waals surface area contributed by atoms with Gasteiger partial charge in [0.1, 0.15) is 18.2 Å². The summed E-state index contributed by atoms with van der Waals surface area (Å²) in [5, 5.41) is 71.9. The largest absolute Gasteiger partial charge is 0.416 e. The number of alkyl halides is 3. The van der Waals surface area contributed by atoms with Crippen LogP contribution in [0.2, 0.25) is 0 Å². The van der Waals surface area contributed by atoms with Gasteiger partial charge in [-0.05, 0) is 112 Å². The van der Waals surface area contributed by atoms with E-state index in [1.165, 1.54) is 48.5 Å². The summed E-state index contributed by atoms with van der Waals surface area (Å²) in [5.74, 6) is 0. The van der Waals surface area contributed by atoms with E-state index < -0.39 is 11.7 Å². The van der Waals surface area contributed by atoms with E-state index in [0.29, 0.717) is 22.3 Å². The molecule has 272 valence electrons. The molecule has 0 amide bonds. The first-order chi connectivity index (χ1) is 28.4. The fourth-order valence-electron chi connectivity index (χ4n) is 7.40. The fourth-order valence-corrected chi connectivity index (χ4v) is 7.40. The van der Waals surface area contributed by atoms with Crippen molar-refractivity contribution in [1.29, 1.82) is 36.8 Å². The molecule has 0 atom stereocenters. The average Bonchev–Trinajstić information content (AvgIpc) is 3.74. The number of aryl methyl sites for hydroxylation is 1. The van der Waals surface area contributed by atoms with E-state index in [4.69, 9.17) is 6.57 Å². The van der Waals surface area contributed by atoms with Crippen molar-refractivity contribution in [2.24, 2.45) is 0 Å². The van der Waals surface area contributed by atoms with Gasteiger partial charge in [-0.15, -0.1) is 0 Å². The highest BCUT2D eigenvalue weighted by atomic mass is 19.4. The van der Waals surface area contributed by atoms with Crippen molar-refractivity contribution in [2.75, 3.05) is 0 Å². The van der Waals surface area contributed by atoms with Gasteiger partial charge in [0.05, 0.1) is 75.4 Å². The molecule has 11 heteroatoms. The van der Waals surface area contributed by atoms with E-state index >= 15 is 0 Å². The van der Waals surface area contributed by atoms with Gasteiger partial charge in [-0.2, -0.15) is 50.0 Å². The molecule has 0 spiro atoms. The monoisotopic (exact) mass is 764 g/mol. The highest BCUT2D eigenvalue weighted by molar-refractivity contribution is 6.34. The molecule has 0 aromatic heterocycles. The zero-order valence-corrected chi connectivity index (χ0v) is 30.4. The van der Waals surface area contributed by atoms with Gasteiger partial charge in [0.25, 0.3) is 0 Å². The average molecular weight is 765 g/mol. The van der Waals surface area contributed by atoms with Crippen molar-refractivity contribution < 1.29 is 13.2 Å². The van der Waals surface area contributed by atoms with Crippen molar-refractivity contribution in [3.05, 3.63) is 186 Å². The highest BCUT2D eigenvalue weighted by Gasteiger charge is 2.38. The first-order valence-electron chi connectivity index (χ1n) is 17.3. The van der Waals surface area contributed by atoms with Crippen LogP contribution in [0.5, 0.6) is 0 Å². The van der Waals surface area contributed by atoms with Gasteiger partial charge in [-0.3, -0.25) is 0 Å². The number of rotatable bonds is 4. The minimum absolute atomic E-state index is 0.0130. The molecule has 0 bridgehead atoms. The zero-order valence-electron chi connectivity index (χ0n) is 30.4. The molecule has 0 radical (unpaired) electrons. The van der Waals surface area contributed by atoms with E-state index in [1.807, 2.05) is 43.3 Å². The van der Waals surface area contributed by atoms with Crippen molar-refractivity contribution in [1.82, 2.24) is 0 Å². The van der Waals surface area contributed by atoms with Crippen LogP contribution in [-0.4, -0.2) is 0 Å². The highest BCUT2D eigenvalue weighted by Crippen LogP contribution is 2.56. The van der Waals surface area contributed by atoms with Crippen molar-refractivity contribution in [3.63, 3.8) is 0 Å². The third-order valence-corrected chi connectivity index (χ3v) is 9.95. The van der Waals surface area contributed by atoms with E-state index in [2.05, 4.69) is 23.1 Å². The molecule has 0 unspecified atom stereocenters. The molecule has 0 fully saturated rings. The molecule has 2 aliphatic rings. The minimum Gasteiger partial charge on any atom is -0.237 e. The maximum atomic E-state index is 13.7. The van der Waals surface area contributed by atoms with Crippen molar-refractivity contribution >= 4 is 44.7 Å². The standard InChI is InChI=1S/C48H19F3N8/c1-26-3-5-31(6-4-26)43-41(24-57)36-18-39-37(17-38(36)45(43)40(23-56)33-13-27(19-52)11-28(14-33)20-53)42(25-58)44(32-7-9-35(10-8-32)48(49,50)51)46(39)47(59-2)34-15-29(21-54)12-30(16-34)22-55/h3-18H,1H3/b45-40-,47-46+. The molecule has 8 nitrogen and oxygen atoms in total. The second kappa shape index (κ2) is 14.8. The molecule has 0 saturated heterocycles. The summed E-state index contributed by atoms with van der Waals surface area (Å²) in [5.41, 5.74) is 3.30. The minimum atomic E-state index is -4.67. The van der Waals surface area contributed by atoms with Crippen LogP contribution in [-0.2, 0) is 6.18 Å². The Morgan fingerprint density at radius 1 is 0.525 bits per heavy atom. The Hall–Kier alpha value is -9.23. The molecule has 0 N–H and O–H groups in total. The molecule has 0 saturated carbocycles. The van der Waals surface area contributed by atoms with Crippen molar-refractivity contribution in [2.45, 2.75) is 13.1 Å². The lowest BCUT2D eigenvalue weighted by Gasteiger charge is -2.15. The molecule has 2 aliphatic carbocycles. The Bertz CT molecular complexity index is 3150. The third-order valence-electron chi connectivity index (χ3n) is 9.95. The summed E-state index contributed by atoms with van der Waals surface area (Å²) in [6, 6.07) is 37.6. The van der Waals surface area contributed by atoms with E-state index in [-0.39, 0.29) is 89.2 Å². The Kier molecular flexibility index (Phi) is 9.54. The smallest absolute Gasteiger partial charge is 0.237 e. The molecule has 0 aliphatic heterocycles. The lowest BCUT2D eigenvalue weighted by atomic mass is 9.87. The maximum absolute atomic E-state index is 13.7. The van der Waals surface area contributed by atoms with Crippen LogP contribution in [0.25, 0.3) is 49.6 Å². The number of benzene rings is 5. The van der Waals surface area contributed by atoms with Gasteiger partial charge in [-0.25, -0.2) is 4.85 Å². The summed E-state index contributed by atoms with van der Waals surface area (Å²) >= 11 is 0.